The summed E-state index contributed by atoms with van der Waals surface area (Å²) >= 11 is 0. The van der Waals surface area contributed by atoms with E-state index in [4.69, 9.17) is 5.11 Å². The standard InChI is InChI=1S/C8H18N2O/c1-10(2)8-4-3-7(6-11)9-5-8/h7-9,11H,3-6H2,1-2H3. The summed E-state index contributed by atoms with van der Waals surface area (Å²) in [4.78, 5) is 2.24. The van der Waals surface area contributed by atoms with Gasteiger partial charge in [0.2, 0.25) is 0 Å². The molecule has 1 aliphatic rings. The van der Waals surface area contributed by atoms with E-state index >= 15 is 0 Å². The van der Waals surface area contributed by atoms with Crippen molar-refractivity contribution in [1.82, 2.24) is 10.2 Å². The van der Waals surface area contributed by atoms with Crippen molar-refractivity contribution in [2.24, 2.45) is 0 Å². The number of rotatable bonds is 2. The van der Waals surface area contributed by atoms with E-state index < -0.39 is 0 Å². The van der Waals surface area contributed by atoms with Crippen LogP contribution in [0.3, 0.4) is 0 Å². The van der Waals surface area contributed by atoms with Gasteiger partial charge in [0.1, 0.15) is 0 Å². The first kappa shape index (κ1) is 8.97. The summed E-state index contributed by atoms with van der Waals surface area (Å²) in [6.07, 6.45) is 2.30. The lowest BCUT2D eigenvalue weighted by Gasteiger charge is -2.32. The van der Waals surface area contributed by atoms with Gasteiger partial charge in [-0.2, -0.15) is 0 Å². The number of aliphatic hydroxyl groups excluding tert-OH is 1. The molecule has 0 radical (unpaired) electrons. The Kier molecular flexibility index (Phi) is 3.30. The Morgan fingerprint density at radius 3 is 2.55 bits per heavy atom. The molecule has 0 aliphatic carbocycles. The summed E-state index contributed by atoms with van der Waals surface area (Å²) in [5.74, 6) is 0. The molecule has 0 spiro atoms. The van der Waals surface area contributed by atoms with Crippen LogP contribution in [-0.2, 0) is 0 Å². The van der Waals surface area contributed by atoms with Crippen LogP contribution in [0.1, 0.15) is 12.8 Å². The average molecular weight is 158 g/mol. The molecule has 66 valence electrons. The van der Waals surface area contributed by atoms with Crippen LogP contribution < -0.4 is 5.32 Å². The first-order chi connectivity index (χ1) is 5.24. The lowest BCUT2D eigenvalue weighted by molar-refractivity contribution is 0.168. The van der Waals surface area contributed by atoms with Crippen LogP contribution in [0.25, 0.3) is 0 Å². The van der Waals surface area contributed by atoms with Crippen LogP contribution in [0.5, 0.6) is 0 Å². The Morgan fingerprint density at radius 1 is 1.45 bits per heavy atom. The molecule has 2 N–H and O–H groups in total. The molecular weight excluding hydrogens is 140 g/mol. The highest BCUT2D eigenvalue weighted by molar-refractivity contribution is 4.80. The molecule has 0 saturated carbocycles. The SMILES string of the molecule is CN(C)C1CCC(CO)NC1. The first-order valence-electron chi connectivity index (χ1n) is 4.24. The molecule has 11 heavy (non-hydrogen) atoms. The Labute approximate surface area is 68.4 Å². The summed E-state index contributed by atoms with van der Waals surface area (Å²) in [5.41, 5.74) is 0. The summed E-state index contributed by atoms with van der Waals surface area (Å²) < 4.78 is 0. The van der Waals surface area contributed by atoms with Crippen molar-refractivity contribution in [3.05, 3.63) is 0 Å². The third-order valence-corrected chi connectivity index (χ3v) is 2.44. The highest BCUT2D eigenvalue weighted by Crippen LogP contribution is 2.10. The van der Waals surface area contributed by atoms with Gasteiger partial charge in [-0.25, -0.2) is 0 Å². The zero-order chi connectivity index (χ0) is 8.27. The predicted molar refractivity (Wildman–Crippen MR) is 45.6 cm³/mol. The van der Waals surface area contributed by atoms with Gasteiger partial charge in [-0.05, 0) is 26.9 Å². The summed E-state index contributed by atoms with van der Waals surface area (Å²) in [6, 6.07) is 0.990. The lowest BCUT2D eigenvalue weighted by atomic mass is 10.0. The number of hydrogen-bond acceptors (Lipinski definition) is 3. The number of aliphatic hydroxyl groups is 1. The van der Waals surface area contributed by atoms with E-state index in [2.05, 4.69) is 24.3 Å². The van der Waals surface area contributed by atoms with Gasteiger partial charge < -0.3 is 15.3 Å². The molecule has 3 heteroatoms. The maximum Gasteiger partial charge on any atom is 0.0584 e. The minimum Gasteiger partial charge on any atom is -0.395 e. The molecule has 0 amide bonds. The van der Waals surface area contributed by atoms with Crippen molar-refractivity contribution in [1.29, 1.82) is 0 Å². The van der Waals surface area contributed by atoms with Crippen LogP contribution in [0, 0.1) is 0 Å². The summed E-state index contributed by atoms with van der Waals surface area (Å²) in [6.45, 7) is 1.29. The summed E-state index contributed by atoms with van der Waals surface area (Å²) in [5, 5.41) is 12.1. The molecule has 2 unspecified atom stereocenters. The molecule has 1 aliphatic heterocycles. The van der Waals surface area contributed by atoms with Crippen molar-refractivity contribution in [3.8, 4) is 0 Å². The minimum atomic E-state index is 0.278. The molecular formula is C8H18N2O. The predicted octanol–water partition coefficient (Wildman–Crippen LogP) is -0.339. The minimum absolute atomic E-state index is 0.278. The van der Waals surface area contributed by atoms with E-state index in [0.717, 1.165) is 13.0 Å². The quantitative estimate of drug-likeness (QED) is 0.577. The van der Waals surface area contributed by atoms with Crippen LogP contribution in [0.2, 0.25) is 0 Å². The van der Waals surface area contributed by atoms with Gasteiger partial charge in [0.15, 0.2) is 0 Å². The Morgan fingerprint density at radius 2 is 2.18 bits per heavy atom. The fourth-order valence-corrected chi connectivity index (χ4v) is 1.50. The maximum absolute atomic E-state index is 8.84. The van der Waals surface area contributed by atoms with Crippen molar-refractivity contribution in [3.63, 3.8) is 0 Å². The first-order valence-corrected chi connectivity index (χ1v) is 4.24. The van der Waals surface area contributed by atoms with Crippen LogP contribution in [0.4, 0.5) is 0 Å². The second-order valence-corrected chi connectivity index (χ2v) is 3.48. The summed E-state index contributed by atoms with van der Waals surface area (Å²) in [7, 11) is 4.21. The van der Waals surface area contributed by atoms with E-state index in [0.29, 0.717) is 12.1 Å². The number of piperidine rings is 1. The third kappa shape index (κ3) is 2.43. The number of nitrogens with zero attached hydrogens (tertiary/aromatic N) is 1. The van der Waals surface area contributed by atoms with E-state index in [9.17, 15) is 0 Å². The zero-order valence-corrected chi connectivity index (χ0v) is 7.38. The van der Waals surface area contributed by atoms with E-state index in [1.807, 2.05) is 0 Å². The molecule has 1 fully saturated rings. The average Bonchev–Trinajstić information content (AvgIpc) is 2.05. The van der Waals surface area contributed by atoms with Gasteiger partial charge in [0.05, 0.1) is 6.61 Å². The van der Waals surface area contributed by atoms with Crippen molar-refractivity contribution in [2.75, 3.05) is 27.2 Å². The molecule has 3 nitrogen and oxygen atoms in total. The monoisotopic (exact) mass is 158 g/mol. The molecule has 0 bridgehead atoms. The van der Waals surface area contributed by atoms with Crippen molar-refractivity contribution >= 4 is 0 Å². The fourth-order valence-electron chi connectivity index (χ4n) is 1.50. The highest BCUT2D eigenvalue weighted by Gasteiger charge is 2.20. The maximum atomic E-state index is 8.84. The normalized spacial score (nSPS) is 32.7. The number of likely N-dealkylation sites (N-methyl/N-ethyl adjacent to an activating group) is 1. The van der Waals surface area contributed by atoms with E-state index in [1.165, 1.54) is 6.42 Å². The molecule has 1 saturated heterocycles. The van der Waals surface area contributed by atoms with Gasteiger partial charge in [-0.3, -0.25) is 0 Å². The van der Waals surface area contributed by atoms with Crippen molar-refractivity contribution < 1.29 is 5.11 Å². The molecule has 0 aromatic carbocycles. The van der Waals surface area contributed by atoms with Gasteiger partial charge in [0.25, 0.3) is 0 Å². The smallest absolute Gasteiger partial charge is 0.0584 e. The topological polar surface area (TPSA) is 35.5 Å². The Hall–Kier alpha value is -0.120. The van der Waals surface area contributed by atoms with Gasteiger partial charge in [-0.15, -0.1) is 0 Å². The molecule has 1 rings (SSSR count). The Balaban J connectivity index is 2.24. The van der Waals surface area contributed by atoms with E-state index in [1.54, 1.807) is 0 Å². The second kappa shape index (κ2) is 4.04. The van der Waals surface area contributed by atoms with Crippen LogP contribution in [0.15, 0.2) is 0 Å². The highest BCUT2D eigenvalue weighted by atomic mass is 16.3. The van der Waals surface area contributed by atoms with Crippen LogP contribution >= 0.6 is 0 Å². The van der Waals surface area contributed by atoms with Gasteiger partial charge in [-0.1, -0.05) is 0 Å². The third-order valence-electron chi connectivity index (χ3n) is 2.44. The molecule has 0 aromatic rings. The van der Waals surface area contributed by atoms with Crippen LogP contribution in [-0.4, -0.2) is 49.3 Å². The molecule has 1 heterocycles. The molecule has 0 aromatic heterocycles. The Bertz CT molecular complexity index is 109. The van der Waals surface area contributed by atoms with Gasteiger partial charge in [0, 0.05) is 18.6 Å². The van der Waals surface area contributed by atoms with Crippen molar-refractivity contribution in [2.45, 2.75) is 24.9 Å². The van der Waals surface area contributed by atoms with Gasteiger partial charge >= 0.3 is 0 Å². The lowest BCUT2D eigenvalue weighted by Crippen LogP contribution is -2.48. The number of nitrogens with one attached hydrogen (secondary N) is 1. The zero-order valence-electron chi connectivity index (χ0n) is 7.38. The number of hydrogen-bond donors (Lipinski definition) is 2. The molecule has 2 atom stereocenters. The van der Waals surface area contributed by atoms with E-state index in [-0.39, 0.29) is 6.61 Å². The second-order valence-electron chi connectivity index (χ2n) is 3.48. The largest absolute Gasteiger partial charge is 0.395 e. The fraction of sp³-hybridized carbons (Fsp3) is 1.00.